The molecule has 120 valence electrons. The van der Waals surface area contributed by atoms with Crippen LogP contribution in [0.5, 0.6) is 0 Å². The van der Waals surface area contributed by atoms with Gasteiger partial charge in [-0.2, -0.15) is 0 Å². The summed E-state index contributed by atoms with van der Waals surface area (Å²) in [5.41, 5.74) is 4.14. The minimum Gasteiger partial charge on any atom is -0.346 e. The summed E-state index contributed by atoms with van der Waals surface area (Å²) < 4.78 is 0. The zero-order chi connectivity index (χ0) is 17.1. The zero-order valence-electron chi connectivity index (χ0n) is 13.7. The van der Waals surface area contributed by atoms with E-state index in [-0.39, 0.29) is 23.2 Å². The topological polar surface area (TPSA) is 72.2 Å². The van der Waals surface area contributed by atoms with Crippen LogP contribution in [0.15, 0.2) is 36.4 Å². The number of nitro benzene ring substituents is 1. The molecule has 0 unspecified atom stereocenters. The predicted octanol–water partition coefficient (Wildman–Crippen LogP) is 4.01. The number of carbonyl (C=O) groups is 1. The second-order valence-electron chi connectivity index (χ2n) is 5.80. The van der Waals surface area contributed by atoms with Crippen molar-refractivity contribution in [2.75, 3.05) is 0 Å². The van der Waals surface area contributed by atoms with Gasteiger partial charge >= 0.3 is 0 Å². The number of benzene rings is 2. The third kappa shape index (κ3) is 3.74. The van der Waals surface area contributed by atoms with Gasteiger partial charge in [0.15, 0.2) is 0 Å². The maximum absolute atomic E-state index is 12.3. The van der Waals surface area contributed by atoms with Crippen LogP contribution < -0.4 is 5.32 Å². The molecule has 1 N–H and O–H groups in total. The first-order chi connectivity index (χ1) is 10.8. The number of hydrogen-bond donors (Lipinski definition) is 1. The van der Waals surface area contributed by atoms with Gasteiger partial charge in [0.2, 0.25) is 0 Å². The number of amides is 1. The van der Waals surface area contributed by atoms with Crippen molar-refractivity contribution in [3.05, 3.63) is 74.3 Å². The Morgan fingerprint density at radius 1 is 1.04 bits per heavy atom. The second-order valence-corrected chi connectivity index (χ2v) is 5.80. The van der Waals surface area contributed by atoms with Crippen molar-refractivity contribution in [3.63, 3.8) is 0 Å². The van der Waals surface area contributed by atoms with Crippen LogP contribution in [0.3, 0.4) is 0 Å². The molecule has 0 saturated carbocycles. The molecule has 5 heteroatoms. The number of rotatable bonds is 4. The summed E-state index contributed by atoms with van der Waals surface area (Å²) in [5.74, 6) is -0.321. The molecule has 0 heterocycles. The molecule has 0 spiro atoms. The molecule has 0 aliphatic carbocycles. The van der Waals surface area contributed by atoms with E-state index in [9.17, 15) is 14.9 Å². The lowest BCUT2D eigenvalue weighted by atomic mass is 10.0. The lowest BCUT2D eigenvalue weighted by molar-refractivity contribution is -0.385. The fourth-order valence-electron chi connectivity index (χ4n) is 2.34. The highest BCUT2D eigenvalue weighted by atomic mass is 16.6. The summed E-state index contributed by atoms with van der Waals surface area (Å²) in [6.07, 6.45) is 0. The maximum Gasteiger partial charge on any atom is 0.273 e. The van der Waals surface area contributed by atoms with Gasteiger partial charge in [0.1, 0.15) is 0 Å². The van der Waals surface area contributed by atoms with E-state index in [1.54, 1.807) is 19.1 Å². The van der Waals surface area contributed by atoms with Crippen LogP contribution in [0.25, 0.3) is 0 Å². The average molecular weight is 312 g/mol. The second kappa shape index (κ2) is 6.60. The van der Waals surface area contributed by atoms with Gasteiger partial charge in [-0.15, -0.1) is 0 Å². The zero-order valence-corrected chi connectivity index (χ0v) is 13.7. The van der Waals surface area contributed by atoms with Gasteiger partial charge in [0.05, 0.1) is 11.0 Å². The first-order valence-electron chi connectivity index (χ1n) is 7.42. The van der Waals surface area contributed by atoms with Crippen LogP contribution >= 0.6 is 0 Å². The molecule has 0 aromatic heterocycles. The Labute approximate surface area is 135 Å². The first-order valence-corrected chi connectivity index (χ1v) is 7.42. The molecule has 0 radical (unpaired) electrons. The van der Waals surface area contributed by atoms with Crippen molar-refractivity contribution in [1.82, 2.24) is 5.32 Å². The number of nitro groups is 1. The van der Waals surface area contributed by atoms with Crippen molar-refractivity contribution < 1.29 is 9.72 Å². The minimum atomic E-state index is -0.473. The van der Waals surface area contributed by atoms with Crippen molar-refractivity contribution in [2.24, 2.45) is 0 Å². The predicted molar refractivity (Wildman–Crippen MR) is 89.6 cm³/mol. The summed E-state index contributed by atoms with van der Waals surface area (Å²) in [5, 5.41) is 13.9. The fourth-order valence-corrected chi connectivity index (χ4v) is 2.34. The third-order valence-corrected chi connectivity index (χ3v) is 4.05. The van der Waals surface area contributed by atoms with Crippen molar-refractivity contribution in [2.45, 2.75) is 33.7 Å². The van der Waals surface area contributed by atoms with Crippen LogP contribution in [0.1, 0.15) is 45.6 Å². The number of nitrogens with zero attached hydrogens (tertiary/aromatic N) is 1. The van der Waals surface area contributed by atoms with Gasteiger partial charge in [-0.25, -0.2) is 0 Å². The molecule has 5 nitrogen and oxygen atoms in total. The highest BCUT2D eigenvalue weighted by Gasteiger charge is 2.17. The highest BCUT2D eigenvalue weighted by molar-refractivity contribution is 5.95. The van der Waals surface area contributed by atoms with E-state index >= 15 is 0 Å². The van der Waals surface area contributed by atoms with Gasteiger partial charge in [-0.3, -0.25) is 14.9 Å². The van der Waals surface area contributed by atoms with E-state index < -0.39 is 4.92 Å². The van der Waals surface area contributed by atoms with Gasteiger partial charge < -0.3 is 5.32 Å². The molecule has 1 amide bonds. The van der Waals surface area contributed by atoms with Gasteiger partial charge in [-0.1, -0.05) is 24.3 Å². The monoisotopic (exact) mass is 312 g/mol. The van der Waals surface area contributed by atoms with Crippen molar-refractivity contribution in [1.29, 1.82) is 0 Å². The Balaban J connectivity index is 2.19. The largest absolute Gasteiger partial charge is 0.346 e. The Hall–Kier alpha value is -2.69. The Bertz CT molecular complexity index is 769. The highest BCUT2D eigenvalue weighted by Crippen LogP contribution is 2.21. The SMILES string of the molecule is Cc1ccc([C@H](C)NC(=O)c2ccc(C)c([N+](=O)[O-])c2)cc1C. The lowest BCUT2D eigenvalue weighted by Crippen LogP contribution is -2.26. The Morgan fingerprint density at radius 3 is 2.30 bits per heavy atom. The molecule has 0 saturated heterocycles. The number of hydrogen-bond acceptors (Lipinski definition) is 3. The van der Waals surface area contributed by atoms with E-state index in [1.807, 2.05) is 39.0 Å². The summed E-state index contributed by atoms with van der Waals surface area (Å²) in [7, 11) is 0. The number of aryl methyl sites for hydroxylation is 3. The summed E-state index contributed by atoms with van der Waals surface area (Å²) in [4.78, 5) is 22.8. The molecule has 0 aliphatic rings. The van der Waals surface area contributed by atoms with E-state index in [4.69, 9.17) is 0 Å². The van der Waals surface area contributed by atoms with Crippen LogP contribution in [0.4, 0.5) is 5.69 Å². The molecule has 2 aromatic carbocycles. The maximum atomic E-state index is 12.3. The van der Waals surface area contributed by atoms with E-state index in [0.717, 1.165) is 11.1 Å². The molecule has 2 rings (SSSR count). The van der Waals surface area contributed by atoms with Crippen molar-refractivity contribution in [3.8, 4) is 0 Å². The molecule has 0 aliphatic heterocycles. The first kappa shape index (κ1) is 16.7. The Morgan fingerprint density at radius 2 is 1.70 bits per heavy atom. The van der Waals surface area contributed by atoms with E-state index in [0.29, 0.717) is 5.56 Å². The van der Waals surface area contributed by atoms with Crippen LogP contribution in [-0.2, 0) is 0 Å². The molecular weight excluding hydrogens is 292 g/mol. The third-order valence-electron chi connectivity index (χ3n) is 4.05. The summed E-state index contributed by atoms with van der Waals surface area (Å²) >= 11 is 0. The Kier molecular flexibility index (Phi) is 4.79. The number of nitrogens with one attached hydrogen (secondary N) is 1. The molecule has 23 heavy (non-hydrogen) atoms. The molecule has 0 bridgehead atoms. The van der Waals surface area contributed by atoms with Gasteiger partial charge in [-0.05, 0) is 50.5 Å². The molecule has 0 fully saturated rings. The normalized spacial score (nSPS) is 11.8. The molecule has 2 aromatic rings. The van der Waals surface area contributed by atoms with E-state index in [1.165, 1.54) is 11.6 Å². The standard InChI is InChI=1S/C18H20N2O3/c1-11-5-7-15(9-13(11)3)14(4)19-18(21)16-8-6-12(2)17(10-16)20(22)23/h5-10,14H,1-4H3,(H,19,21)/t14-/m0/s1. The quantitative estimate of drug-likeness (QED) is 0.685. The lowest BCUT2D eigenvalue weighted by Gasteiger charge is -2.16. The minimum absolute atomic E-state index is 0.0449. The fraction of sp³-hybridized carbons (Fsp3) is 0.278. The average Bonchev–Trinajstić information content (AvgIpc) is 2.49. The van der Waals surface area contributed by atoms with Crippen LogP contribution in [0.2, 0.25) is 0 Å². The number of carbonyl (C=O) groups excluding carboxylic acids is 1. The van der Waals surface area contributed by atoms with Gasteiger partial charge in [0, 0.05) is 17.2 Å². The summed E-state index contributed by atoms with van der Waals surface area (Å²) in [6, 6.07) is 10.4. The van der Waals surface area contributed by atoms with Crippen LogP contribution in [-0.4, -0.2) is 10.8 Å². The molecular formula is C18H20N2O3. The van der Waals surface area contributed by atoms with Crippen LogP contribution in [0, 0.1) is 30.9 Å². The molecule has 1 atom stereocenters. The smallest absolute Gasteiger partial charge is 0.273 e. The van der Waals surface area contributed by atoms with E-state index in [2.05, 4.69) is 5.32 Å². The van der Waals surface area contributed by atoms with Crippen molar-refractivity contribution >= 4 is 11.6 Å². The summed E-state index contributed by atoms with van der Waals surface area (Å²) in [6.45, 7) is 7.60. The van der Waals surface area contributed by atoms with Gasteiger partial charge in [0.25, 0.3) is 11.6 Å².